The van der Waals surface area contributed by atoms with E-state index in [0.29, 0.717) is 18.7 Å². The summed E-state index contributed by atoms with van der Waals surface area (Å²) in [4.78, 5) is 24.4. The molecule has 8 nitrogen and oxygen atoms in total. The van der Waals surface area contributed by atoms with E-state index in [9.17, 15) is 18.0 Å². The van der Waals surface area contributed by atoms with Crippen molar-refractivity contribution in [1.82, 2.24) is 4.31 Å². The summed E-state index contributed by atoms with van der Waals surface area (Å²) in [6.07, 6.45) is 3.60. The van der Waals surface area contributed by atoms with Gasteiger partial charge in [0.05, 0.1) is 32.8 Å². The monoisotopic (exact) mass is 475 g/mol. The first-order valence-corrected chi connectivity index (χ1v) is 11.9. The summed E-state index contributed by atoms with van der Waals surface area (Å²) in [5.41, 5.74) is 0.700. The minimum atomic E-state index is -3.71. The van der Waals surface area contributed by atoms with Gasteiger partial charge in [0.1, 0.15) is 0 Å². The highest BCUT2D eigenvalue weighted by atomic mass is 35.5. The van der Waals surface area contributed by atoms with E-state index in [2.05, 4.69) is 5.32 Å². The lowest BCUT2D eigenvalue weighted by molar-refractivity contribution is -0.119. The van der Waals surface area contributed by atoms with Crippen LogP contribution in [-0.4, -0.2) is 44.3 Å². The predicted octanol–water partition coefficient (Wildman–Crippen LogP) is 3.57. The molecule has 10 heteroatoms. The Bertz CT molecular complexity index is 1140. The number of carbonyl (C=O) groups excluding carboxylic acids is 2. The summed E-state index contributed by atoms with van der Waals surface area (Å²) >= 11 is 6.13. The molecule has 2 aromatic rings. The van der Waals surface area contributed by atoms with Crippen LogP contribution in [0.4, 0.5) is 5.69 Å². The Labute approximate surface area is 191 Å². The second kappa shape index (κ2) is 10.6. The standard InChI is InChI=1S/C22H22ClN3O5S/c23-19-10-9-18(32(29,30)26-11-3-1-2-4-12-26)13-20(19)25-21(27)15-31-22(28)17-7-5-16(14-24)6-8-17/h5-10,13H,1-4,11-12,15H2,(H,25,27). The normalized spacial score (nSPS) is 14.8. The number of amides is 1. The Balaban J connectivity index is 1.65. The lowest BCUT2D eigenvalue weighted by Crippen LogP contribution is -2.32. The Kier molecular flexibility index (Phi) is 7.85. The molecule has 32 heavy (non-hydrogen) atoms. The van der Waals surface area contributed by atoms with Gasteiger partial charge in [0, 0.05) is 13.1 Å². The molecular weight excluding hydrogens is 454 g/mol. The minimum Gasteiger partial charge on any atom is -0.452 e. The average molecular weight is 476 g/mol. The third kappa shape index (κ3) is 5.85. The second-order valence-electron chi connectivity index (χ2n) is 7.27. The number of carbonyl (C=O) groups is 2. The Morgan fingerprint density at radius 3 is 2.34 bits per heavy atom. The van der Waals surface area contributed by atoms with Gasteiger partial charge in [-0.05, 0) is 55.3 Å². The van der Waals surface area contributed by atoms with Crippen molar-refractivity contribution < 1.29 is 22.7 Å². The maximum atomic E-state index is 13.0. The number of esters is 1. The van der Waals surface area contributed by atoms with Gasteiger partial charge in [0.2, 0.25) is 10.0 Å². The summed E-state index contributed by atoms with van der Waals surface area (Å²) < 4.78 is 32.4. The fourth-order valence-electron chi connectivity index (χ4n) is 3.27. The van der Waals surface area contributed by atoms with Crippen LogP contribution in [0.1, 0.15) is 41.6 Å². The molecule has 1 N–H and O–H groups in total. The van der Waals surface area contributed by atoms with Crippen molar-refractivity contribution in [2.75, 3.05) is 25.0 Å². The molecule has 168 valence electrons. The zero-order valence-corrected chi connectivity index (χ0v) is 18.8. The summed E-state index contributed by atoms with van der Waals surface area (Å²) in [5, 5.41) is 11.4. The van der Waals surface area contributed by atoms with Crippen molar-refractivity contribution in [3.63, 3.8) is 0 Å². The highest BCUT2D eigenvalue weighted by molar-refractivity contribution is 7.89. The van der Waals surface area contributed by atoms with E-state index in [1.54, 1.807) is 0 Å². The summed E-state index contributed by atoms with van der Waals surface area (Å²) in [6.45, 7) is 0.328. The van der Waals surface area contributed by atoms with Crippen LogP contribution in [0.15, 0.2) is 47.4 Å². The lowest BCUT2D eigenvalue weighted by Gasteiger charge is -2.20. The molecular formula is C22H22ClN3O5S. The molecule has 1 saturated heterocycles. The van der Waals surface area contributed by atoms with Gasteiger partial charge < -0.3 is 10.1 Å². The highest BCUT2D eigenvalue weighted by Gasteiger charge is 2.26. The van der Waals surface area contributed by atoms with Gasteiger partial charge in [0.25, 0.3) is 5.91 Å². The number of sulfonamides is 1. The molecule has 2 aromatic carbocycles. The van der Waals surface area contributed by atoms with Crippen molar-refractivity contribution in [3.05, 3.63) is 58.6 Å². The van der Waals surface area contributed by atoms with E-state index >= 15 is 0 Å². The van der Waals surface area contributed by atoms with Crippen LogP contribution in [0.25, 0.3) is 0 Å². The molecule has 0 radical (unpaired) electrons. The van der Waals surface area contributed by atoms with Crippen LogP contribution < -0.4 is 5.32 Å². The molecule has 0 unspecified atom stereocenters. The van der Waals surface area contributed by atoms with Gasteiger partial charge in [-0.2, -0.15) is 9.57 Å². The number of halogens is 1. The predicted molar refractivity (Wildman–Crippen MR) is 119 cm³/mol. The third-order valence-electron chi connectivity index (χ3n) is 5.00. The smallest absolute Gasteiger partial charge is 0.338 e. The van der Waals surface area contributed by atoms with Crippen LogP contribution in [0.3, 0.4) is 0 Å². The molecule has 3 rings (SSSR count). The summed E-state index contributed by atoms with van der Waals surface area (Å²) in [5.74, 6) is -1.40. The van der Waals surface area contributed by atoms with Gasteiger partial charge in [-0.15, -0.1) is 0 Å². The number of hydrogen-bond donors (Lipinski definition) is 1. The first-order chi connectivity index (χ1) is 15.3. The van der Waals surface area contributed by atoms with Crippen LogP contribution >= 0.6 is 11.6 Å². The lowest BCUT2D eigenvalue weighted by atomic mass is 10.1. The van der Waals surface area contributed by atoms with E-state index in [0.717, 1.165) is 25.7 Å². The van der Waals surface area contributed by atoms with Gasteiger partial charge in [-0.1, -0.05) is 24.4 Å². The number of nitrogens with zero attached hydrogens (tertiary/aromatic N) is 2. The molecule has 1 aliphatic heterocycles. The molecule has 0 saturated carbocycles. The van der Waals surface area contributed by atoms with Crippen molar-refractivity contribution >= 4 is 39.2 Å². The van der Waals surface area contributed by atoms with Gasteiger partial charge in [-0.25, -0.2) is 13.2 Å². The van der Waals surface area contributed by atoms with E-state index in [1.165, 1.54) is 46.8 Å². The minimum absolute atomic E-state index is 0.0358. The molecule has 1 heterocycles. The van der Waals surface area contributed by atoms with Crippen molar-refractivity contribution in [2.24, 2.45) is 0 Å². The van der Waals surface area contributed by atoms with Crippen LogP contribution in [0.2, 0.25) is 5.02 Å². The number of hydrogen-bond acceptors (Lipinski definition) is 6. The number of nitrogens with one attached hydrogen (secondary N) is 1. The number of ether oxygens (including phenoxy) is 1. The molecule has 1 fully saturated rings. The Morgan fingerprint density at radius 2 is 1.72 bits per heavy atom. The third-order valence-corrected chi connectivity index (χ3v) is 7.22. The van der Waals surface area contributed by atoms with Gasteiger partial charge >= 0.3 is 5.97 Å². The van der Waals surface area contributed by atoms with Crippen molar-refractivity contribution in [3.8, 4) is 6.07 Å². The number of anilines is 1. The van der Waals surface area contributed by atoms with Crippen molar-refractivity contribution in [2.45, 2.75) is 30.6 Å². The zero-order chi connectivity index (χ0) is 23.1. The SMILES string of the molecule is N#Cc1ccc(C(=O)OCC(=O)Nc2cc(S(=O)(=O)N3CCCCCC3)ccc2Cl)cc1. The van der Waals surface area contributed by atoms with Crippen LogP contribution in [0, 0.1) is 11.3 Å². The number of nitriles is 1. The molecule has 1 aliphatic rings. The zero-order valence-electron chi connectivity index (χ0n) is 17.2. The van der Waals surface area contributed by atoms with Crippen LogP contribution in [-0.2, 0) is 19.6 Å². The number of benzene rings is 2. The number of rotatable bonds is 6. The van der Waals surface area contributed by atoms with E-state index in [1.807, 2.05) is 6.07 Å². The molecule has 1 amide bonds. The van der Waals surface area contributed by atoms with Crippen molar-refractivity contribution in [1.29, 1.82) is 5.26 Å². The average Bonchev–Trinajstić information content (AvgIpc) is 3.09. The summed E-state index contributed by atoms with van der Waals surface area (Å²) in [6, 6.07) is 11.8. The van der Waals surface area contributed by atoms with Crippen LogP contribution in [0.5, 0.6) is 0 Å². The van der Waals surface area contributed by atoms with E-state index < -0.39 is 28.5 Å². The van der Waals surface area contributed by atoms with Gasteiger partial charge in [-0.3, -0.25) is 4.79 Å². The highest BCUT2D eigenvalue weighted by Crippen LogP contribution is 2.28. The molecule has 0 atom stereocenters. The topological polar surface area (TPSA) is 117 Å². The largest absolute Gasteiger partial charge is 0.452 e. The van der Waals surface area contributed by atoms with Gasteiger partial charge in [0.15, 0.2) is 6.61 Å². The second-order valence-corrected chi connectivity index (χ2v) is 9.62. The molecule has 0 bridgehead atoms. The maximum absolute atomic E-state index is 13.0. The van der Waals surface area contributed by atoms with E-state index in [4.69, 9.17) is 21.6 Å². The fourth-order valence-corrected chi connectivity index (χ4v) is 4.98. The molecule has 0 aliphatic carbocycles. The summed E-state index contributed by atoms with van der Waals surface area (Å²) in [7, 11) is -3.71. The fraction of sp³-hybridized carbons (Fsp3) is 0.318. The quantitative estimate of drug-likeness (QED) is 0.638. The molecule has 0 spiro atoms. The molecule has 0 aromatic heterocycles. The first kappa shape index (κ1) is 23.7. The Morgan fingerprint density at radius 1 is 1.06 bits per heavy atom. The Hall–Kier alpha value is -2.93. The van der Waals surface area contributed by atoms with E-state index in [-0.39, 0.29) is 21.2 Å². The maximum Gasteiger partial charge on any atom is 0.338 e. The first-order valence-electron chi connectivity index (χ1n) is 10.1.